The second-order valence-electron chi connectivity index (χ2n) is 4.43. The first kappa shape index (κ1) is 15.5. The number of para-hydroxylation sites is 1. The van der Waals surface area contributed by atoms with Crippen molar-refractivity contribution < 1.29 is 14.6 Å². The Balaban J connectivity index is 2.45. The Labute approximate surface area is 115 Å². The highest BCUT2D eigenvalue weighted by Crippen LogP contribution is 2.13. The minimum absolute atomic E-state index is 0.207. The molecule has 1 rings (SSSR count). The van der Waals surface area contributed by atoms with Gasteiger partial charge in [0.05, 0.1) is 6.61 Å². The molecule has 4 heteroatoms. The zero-order valence-electron chi connectivity index (χ0n) is 11.5. The van der Waals surface area contributed by atoms with Gasteiger partial charge in [0, 0.05) is 31.8 Å². The molecule has 0 aliphatic heterocycles. The molecule has 4 nitrogen and oxygen atoms in total. The van der Waals surface area contributed by atoms with Gasteiger partial charge < -0.3 is 14.7 Å². The van der Waals surface area contributed by atoms with Crippen molar-refractivity contribution in [3.63, 3.8) is 0 Å². The van der Waals surface area contributed by atoms with E-state index in [4.69, 9.17) is 9.84 Å². The third-order valence-electron chi connectivity index (χ3n) is 2.79. The molecule has 0 fully saturated rings. The molecule has 0 aliphatic carbocycles. The van der Waals surface area contributed by atoms with Gasteiger partial charge in [-0.2, -0.15) is 0 Å². The van der Waals surface area contributed by atoms with Crippen LogP contribution >= 0.6 is 0 Å². The molecular weight excluding hydrogens is 242 g/mol. The van der Waals surface area contributed by atoms with Crippen LogP contribution in [0.25, 0.3) is 0 Å². The number of aliphatic carboxylic acids is 1. The Bertz CT molecular complexity index is 354. The van der Waals surface area contributed by atoms with Crippen molar-refractivity contribution in [1.29, 1.82) is 0 Å². The van der Waals surface area contributed by atoms with Gasteiger partial charge in [-0.25, -0.2) is 0 Å². The molecule has 0 amide bonds. The number of carboxylic acid groups (broad SMARTS) is 1. The minimum Gasteiger partial charge on any atom is -0.481 e. The number of ether oxygens (including phenoxy) is 1. The Morgan fingerprint density at radius 1 is 1.21 bits per heavy atom. The fraction of sp³-hybridized carbons (Fsp3) is 0.533. The van der Waals surface area contributed by atoms with Gasteiger partial charge in [0.2, 0.25) is 0 Å². The third-order valence-corrected chi connectivity index (χ3v) is 2.79. The first-order valence-electron chi connectivity index (χ1n) is 6.83. The van der Waals surface area contributed by atoms with Crippen molar-refractivity contribution in [3.8, 4) is 0 Å². The summed E-state index contributed by atoms with van der Waals surface area (Å²) in [6.45, 7) is 5.07. The lowest BCUT2D eigenvalue weighted by Gasteiger charge is -2.24. The Kier molecular flexibility index (Phi) is 7.66. The normalized spacial score (nSPS) is 10.4. The lowest BCUT2D eigenvalue weighted by atomic mass is 10.2. The highest BCUT2D eigenvalue weighted by Gasteiger charge is 2.07. The Morgan fingerprint density at radius 3 is 2.58 bits per heavy atom. The van der Waals surface area contributed by atoms with E-state index in [1.807, 2.05) is 30.3 Å². The van der Waals surface area contributed by atoms with E-state index in [9.17, 15) is 4.79 Å². The van der Waals surface area contributed by atoms with Gasteiger partial charge in [-0.05, 0) is 25.0 Å². The van der Waals surface area contributed by atoms with Gasteiger partial charge in [-0.15, -0.1) is 0 Å². The van der Waals surface area contributed by atoms with Crippen LogP contribution in [0.3, 0.4) is 0 Å². The summed E-state index contributed by atoms with van der Waals surface area (Å²) in [6.07, 6.45) is 1.88. The van der Waals surface area contributed by atoms with E-state index in [0.717, 1.165) is 31.8 Å². The highest BCUT2D eigenvalue weighted by molar-refractivity contribution is 5.66. The molecule has 1 aromatic carbocycles. The second kappa shape index (κ2) is 9.39. The van der Waals surface area contributed by atoms with E-state index in [2.05, 4.69) is 11.8 Å². The molecule has 0 bridgehead atoms. The molecule has 19 heavy (non-hydrogen) atoms. The number of benzene rings is 1. The summed E-state index contributed by atoms with van der Waals surface area (Å²) in [6, 6.07) is 10.0. The summed E-state index contributed by atoms with van der Waals surface area (Å²) < 4.78 is 5.50. The molecule has 0 aliphatic rings. The molecule has 0 saturated carbocycles. The topological polar surface area (TPSA) is 49.8 Å². The van der Waals surface area contributed by atoms with Crippen LogP contribution in [0.5, 0.6) is 0 Å². The average molecular weight is 265 g/mol. The number of rotatable bonds is 10. The van der Waals surface area contributed by atoms with Crippen LogP contribution in [0.4, 0.5) is 5.69 Å². The van der Waals surface area contributed by atoms with Crippen molar-refractivity contribution >= 4 is 11.7 Å². The molecule has 0 saturated heterocycles. The lowest BCUT2D eigenvalue weighted by Crippen LogP contribution is -2.29. The minimum atomic E-state index is -0.741. The molecule has 0 heterocycles. The molecule has 0 radical (unpaired) electrons. The van der Waals surface area contributed by atoms with Crippen LogP contribution in [0, 0.1) is 0 Å². The summed E-state index contributed by atoms with van der Waals surface area (Å²) in [4.78, 5) is 12.8. The molecule has 0 unspecified atom stereocenters. The maximum atomic E-state index is 10.6. The zero-order chi connectivity index (χ0) is 13.9. The van der Waals surface area contributed by atoms with Gasteiger partial charge in [0.15, 0.2) is 0 Å². The number of hydrogen-bond donors (Lipinski definition) is 1. The second-order valence-corrected chi connectivity index (χ2v) is 4.43. The standard InChI is InChI=1S/C15H23NO3/c1-2-12-19-13-11-16(10-6-9-15(17)18)14-7-4-3-5-8-14/h3-5,7-8H,2,6,9-13H2,1H3,(H,17,18). The van der Waals surface area contributed by atoms with Crippen LogP contribution in [0.1, 0.15) is 26.2 Å². The summed E-state index contributed by atoms with van der Waals surface area (Å²) in [5.74, 6) is -0.741. The lowest BCUT2D eigenvalue weighted by molar-refractivity contribution is -0.137. The number of carboxylic acids is 1. The van der Waals surface area contributed by atoms with Crippen LogP contribution in [-0.4, -0.2) is 37.4 Å². The molecule has 1 aromatic rings. The fourth-order valence-electron chi connectivity index (χ4n) is 1.85. The summed E-state index contributed by atoms with van der Waals surface area (Å²) in [7, 11) is 0. The van der Waals surface area contributed by atoms with Crippen molar-refractivity contribution in [3.05, 3.63) is 30.3 Å². The summed E-state index contributed by atoms with van der Waals surface area (Å²) >= 11 is 0. The SMILES string of the molecule is CCCOCCN(CCCC(=O)O)c1ccccc1. The predicted molar refractivity (Wildman–Crippen MR) is 76.6 cm³/mol. The third kappa shape index (κ3) is 6.82. The number of nitrogens with zero attached hydrogens (tertiary/aromatic N) is 1. The molecule has 0 aromatic heterocycles. The van der Waals surface area contributed by atoms with E-state index in [1.165, 1.54) is 0 Å². The first-order valence-corrected chi connectivity index (χ1v) is 6.83. The van der Waals surface area contributed by atoms with Gasteiger partial charge in [-0.3, -0.25) is 4.79 Å². The zero-order valence-corrected chi connectivity index (χ0v) is 11.5. The van der Waals surface area contributed by atoms with Gasteiger partial charge in [0.1, 0.15) is 0 Å². The van der Waals surface area contributed by atoms with E-state index < -0.39 is 5.97 Å². The first-order chi connectivity index (χ1) is 9.24. The number of anilines is 1. The number of hydrogen-bond acceptors (Lipinski definition) is 3. The van der Waals surface area contributed by atoms with Crippen LogP contribution in [0.2, 0.25) is 0 Å². The van der Waals surface area contributed by atoms with Crippen LogP contribution in [0.15, 0.2) is 30.3 Å². The largest absolute Gasteiger partial charge is 0.481 e. The maximum absolute atomic E-state index is 10.6. The van der Waals surface area contributed by atoms with Crippen LogP contribution < -0.4 is 4.90 Å². The quantitative estimate of drug-likeness (QED) is 0.661. The molecule has 0 spiro atoms. The van der Waals surface area contributed by atoms with E-state index in [-0.39, 0.29) is 6.42 Å². The van der Waals surface area contributed by atoms with Gasteiger partial charge >= 0.3 is 5.97 Å². The predicted octanol–water partition coefficient (Wildman–Crippen LogP) is 2.78. The molecular formula is C15H23NO3. The molecule has 0 atom stereocenters. The van der Waals surface area contributed by atoms with Crippen molar-refractivity contribution in [2.75, 3.05) is 31.2 Å². The highest BCUT2D eigenvalue weighted by atomic mass is 16.5. The maximum Gasteiger partial charge on any atom is 0.303 e. The van der Waals surface area contributed by atoms with Crippen LogP contribution in [-0.2, 0) is 9.53 Å². The van der Waals surface area contributed by atoms with Gasteiger partial charge in [0.25, 0.3) is 0 Å². The van der Waals surface area contributed by atoms with E-state index in [0.29, 0.717) is 13.0 Å². The van der Waals surface area contributed by atoms with Crippen molar-refractivity contribution in [2.45, 2.75) is 26.2 Å². The van der Waals surface area contributed by atoms with E-state index in [1.54, 1.807) is 0 Å². The Hall–Kier alpha value is -1.55. The number of carbonyl (C=O) groups is 1. The Morgan fingerprint density at radius 2 is 1.95 bits per heavy atom. The molecule has 1 N–H and O–H groups in total. The monoisotopic (exact) mass is 265 g/mol. The summed E-state index contributed by atoms with van der Waals surface area (Å²) in [5, 5.41) is 8.70. The van der Waals surface area contributed by atoms with Gasteiger partial charge in [-0.1, -0.05) is 25.1 Å². The van der Waals surface area contributed by atoms with E-state index >= 15 is 0 Å². The fourth-order valence-corrected chi connectivity index (χ4v) is 1.85. The molecule has 106 valence electrons. The average Bonchev–Trinajstić information content (AvgIpc) is 2.42. The smallest absolute Gasteiger partial charge is 0.303 e. The van der Waals surface area contributed by atoms with Crippen molar-refractivity contribution in [2.24, 2.45) is 0 Å². The summed E-state index contributed by atoms with van der Waals surface area (Å²) in [5.41, 5.74) is 1.12. The van der Waals surface area contributed by atoms with Crippen molar-refractivity contribution in [1.82, 2.24) is 0 Å².